The number of anilines is 1. The molecule has 19 heavy (non-hydrogen) atoms. The molecule has 0 bridgehead atoms. The molecule has 0 saturated carbocycles. The second kappa shape index (κ2) is 5.87. The zero-order valence-electron chi connectivity index (χ0n) is 11.1. The van der Waals surface area contributed by atoms with Crippen LogP contribution in [0.2, 0.25) is 0 Å². The van der Waals surface area contributed by atoms with E-state index in [2.05, 4.69) is 17.5 Å². The van der Waals surface area contributed by atoms with Gasteiger partial charge in [0.05, 0.1) is 0 Å². The average molecular weight is 262 g/mol. The van der Waals surface area contributed by atoms with Gasteiger partial charge in [0, 0.05) is 23.4 Å². The fourth-order valence-electron chi connectivity index (χ4n) is 2.21. The van der Waals surface area contributed by atoms with Gasteiger partial charge in [0.1, 0.15) is 5.82 Å². The summed E-state index contributed by atoms with van der Waals surface area (Å²) in [6.45, 7) is 2.22. The fourth-order valence-corrected chi connectivity index (χ4v) is 2.21. The van der Waals surface area contributed by atoms with Crippen LogP contribution >= 0.6 is 0 Å². The van der Waals surface area contributed by atoms with E-state index in [-0.39, 0.29) is 11.5 Å². The second-order valence-corrected chi connectivity index (χ2v) is 5.03. The molecule has 1 aliphatic carbocycles. The van der Waals surface area contributed by atoms with Crippen LogP contribution in [0.5, 0.6) is 0 Å². The van der Waals surface area contributed by atoms with Gasteiger partial charge in [0.2, 0.25) is 0 Å². The molecule has 0 fully saturated rings. The van der Waals surface area contributed by atoms with Crippen molar-refractivity contribution in [3.63, 3.8) is 0 Å². The maximum atomic E-state index is 13.5. The Morgan fingerprint density at radius 2 is 2.26 bits per heavy atom. The van der Waals surface area contributed by atoms with Gasteiger partial charge in [-0.25, -0.2) is 4.39 Å². The number of nitrogen functional groups attached to an aromatic ring is 1. The molecule has 0 aliphatic heterocycles. The summed E-state index contributed by atoms with van der Waals surface area (Å²) >= 11 is 0. The van der Waals surface area contributed by atoms with Crippen LogP contribution in [0.25, 0.3) is 0 Å². The average Bonchev–Trinajstić information content (AvgIpc) is 2.42. The van der Waals surface area contributed by atoms with Crippen LogP contribution in [0, 0.1) is 18.7 Å². The van der Waals surface area contributed by atoms with Crippen LogP contribution in [0.3, 0.4) is 0 Å². The number of halogens is 1. The van der Waals surface area contributed by atoms with E-state index in [4.69, 9.17) is 5.73 Å². The zero-order chi connectivity index (χ0) is 13.8. The topological polar surface area (TPSA) is 55.1 Å². The van der Waals surface area contributed by atoms with E-state index in [1.54, 1.807) is 6.92 Å². The van der Waals surface area contributed by atoms with Gasteiger partial charge in [-0.3, -0.25) is 4.79 Å². The molecule has 1 amide bonds. The smallest absolute Gasteiger partial charge is 0.251 e. The standard InChI is InChI=1S/C15H19FN2O/c1-10-13(16)7-12(8-14(10)17)15(19)18-9-11-5-3-2-4-6-11/h2-3,7-8,11H,4-6,9,17H2,1H3,(H,18,19). The molecule has 1 atom stereocenters. The number of amides is 1. The minimum atomic E-state index is -0.439. The number of nitrogens with two attached hydrogens (primary N) is 1. The van der Waals surface area contributed by atoms with Crippen LogP contribution < -0.4 is 11.1 Å². The highest BCUT2D eigenvalue weighted by atomic mass is 19.1. The number of benzene rings is 1. The predicted octanol–water partition coefficient (Wildman–Crippen LogP) is 2.80. The molecule has 4 heteroatoms. The summed E-state index contributed by atoms with van der Waals surface area (Å²) < 4.78 is 13.5. The molecule has 3 nitrogen and oxygen atoms in total. The lowest BCUT2D eigenvalue weighted by Gasteiger charge is -2.18. The minimum Gasteiger partial charge on any atom is -0.398 e. The Kier molecular flexibility index (Phi) is 4.20. The van der Waals surface area contributed by atoms with Gasteiger partial charge in [-0.05, 0) is 44.2 Å². The third-order valence-electron chi connectivity index (χ3n) is 3.58. The molecule has 3 N–H and O–H groups in total. The fraction of sp³-hybridized carbons (Fsp3) is 0.400. The summed E-state index contributed by atoms with van der Waals surface area (Å²) in [5.74, 6) is -0.229. The number of hydrogen-bond donors (Lipinski definition) is 2. The Bertz CT molecular complexity index is 488. The van der Waals surface area contributed by atoms with E-state index in [1.165, 1.54) is 12.1 Å². The summed E-state index contributed by atoms with van der Waals surface area (Å²) in [5, 5.41) is 2.85. The summed E-state index contributed by atoms with van der Waals surface area (Å²) in [7, 11) is 0. The Hall–Kier alpha value is -1.84. The van der Waals surface area contributed by atoms with Crippen LogP contribution in [-0.4, -0.2) is 12.5 Å². The summed E-state index contributed by atoms with van der Waals surface area (Å²) in [6.07, 6.45) is 7.44. The van der Waals surface area contributed by atoms with Crippen molar-refractivity contribution >= 4 is 11.6 Å². The van der Waals surface area contributed by atoms with Crippen LogP contribution in [0.15, 0.2) is 24.3 Å². The summed E-state index contributed by atoms with van der Waals surface area (Å²) in [4.78, 5) is 12.0. The molecule has 0 radical (unpaired) electrons. The van der Waals surface area contributed by atoms with Gasteiger partial charge < -0.3 is 11.1 Å². The highest BCUT2D eigenvalue weighted by Gasteiger charge is 2.14. The lowest BCUT2D eigenvalue weighted by molar-refractivity contribution is 0.0946. The van der Waals surface area contributed by atoms with E-state index in [0.717, 1.165) is 19.3 Å². The molecule has 1 aromatic rings. The lowest BCUT2D eigenvalue weighted by Crippen LogP contribution is -2.29. The van der Waals surface area contributed by atoms with Gasteiger partial charge in [-0.2, -0.15) is 0 Å². The van der Waals surface area contributed by atoms with Crippen molar-refractivity contribution in [3.8, 4) is 0 Å². The van der Waals surface area contributed by atoms with Crippen LogP contribution in [0.1, 0.15) is 35.2 Å². The van der Waals surface area contributed by atoms with E-state index in [0.29, 0.717) is 23.7 Å². The molecule has 1 unspecified atom stereocenters. The second-order valence-electron chi connectivity index (χ2n) is 5.03. The van der Waals surface area contributed by atoms with Gasteiger partial charge in [0.25, 0.3) is 5.91 Å². The van der Waals surface area contributed by atoms with Crippen molar-refractivity contribution in [3.05, 3.63) is 41.2 Å². The first-order valence-corrected chi connectivity index (χ1v) is 6.56. The van der Waals surface area contributed by atoms with Gasteiger partial charge in [0.15, 0.2) is 0 Å². The maximum absolute atomic E-state index is 13.5. The van der Waals surface area contributed by atoms with Gasteiger partial charge in [-0.15, -0.1) is 0 Å². The Balaban J connectivity index is 1.98. The molecular formula is C15H19FN2O. The third-order valence-corrected chi connectivity index (χ3v) is 3.58. The summed E-state index contributed by atoms with van der Waals surface area (Å²) in [5.41, 5.74) is 6.65. The molecule has 102 valence electrons. The van der Waals surface area contributed by atoms with Crippen molar-refractivity contribution in [2.24, 2.45) is 5.92 Å². The van der Waals surface area contributed by atoms with Crippen molar-refractivity contribution in [2.75, 3.05) is 12.3 Å². The van der Waals surface area contributed by atoms with E-state index >= 15 is 0 Å². The molecule has 1 aromatic carbocycles. The number of hydrogen-bond acceptors (Lipinski definition) is 2. The monoisotopic (exact) mass is 262 g/mol. The van der Waals surface area contributed by atoms with E-state index in [1.807, 2.05) is 0 Å². The number of nitrogens with one attached hydrogen (secondary N) is 1. The number of carbonyl (C=O) groups excluding carboxylic acids is 1. The highest BCUT2D eigenvalue weighted by Crippen LogP contribution is 2.19. The highest BCUT2D eigenvalue weighted by molar-refractivity contribution is 5.95. The van der Waals surface area contributed by atoms with Crippen LogP contribution in [-0.2, 0) is 0 Å². The molecule has 0 heterocycles. The van der Waals surface area contributed by atoms with E-state index < -0.39 is 5.82 Å². The first kappa shape index (κ1) is 13.6. The summed E-state index contributed by atoms with van der Waals surface area (Å²) in [6, 6.07) is 2.76. The molecule has 0 saturated heterocycles. The number of allylic oxidation sites excluding steroid dienone is 2. The van der Waals surface area contributed by atoms with Crippen LogP contribution in [0.4, 0.5) is 10.1 Å². The zero-order valence-corrected chi connectivity index (χ0v) is 11.1. The molecule has 0 spiro atoms. The Morgan fingerprint density at radius 3 is 2.89 bits per heavy atom. The van der Waals surface area contributed by atoms with Crippen molar-refractivity contribution in [2.45, 2.75) is 26.2 Å². The first-order chi connectivity index (χ1) is 9.08. The van der Waals surface area contributed by atoms with Gasteiger partial charge in [-0.1, -0.05) is 12.2 Å². The number of rotatable bonds is 3. The minimum absolute atomic E-state index is 0.264. The van der Waals surface area contributed by atoms with Gasteiger partial charge >= 0.3 is 0 Å². The maximum Gasteiger partial charge on any atom is 0.251 e. The lowest BCUT2D eigenvalue weighted by atomic mass is 9.94. The predicted molar refractivity (Wildman–Crippen MR) is 74.4 cm³/mol. The largest absolute Gasteiger partial charge is 0.398 e. The SMILES string of the molecule is Cc1c(N)cc(C(=O)NCC2CC=CCC2)cc1F. The quantitative estimate of drug-likeness (QED) is 0.650. The number of carbonyl (C=O) groups is 1. The Morgan fingerprint density at radius 1 is 1.47 bits per heavy atom. The Labute approximate surface area is 112 Å². The van der Waals surface area contributed by atoms with Crippen molar-refractivity contribution in [1.82, 2.24) is 5.32 Å². The molecule has 2 rings (SSSR count). The molecule has 1 aliphatic rings. The molecular weight excluding hydrogens is 243 g/mol. The first-order valence-electron chi connectivity index (χ1n) is 6.56. The van der Waals surface area contributed by atoms with Crippen molar-refractivity contribution in [1.29, 1.82) is 0 Å². The van der Waals surface area contributed by atoms with Crippen molar-refractivity contribution < 1.29 is 9.18 Å². The van der Waals surface area contributed by atoms with E-state index in [9.17, 15) is 9.18 Å². The normalized spacial score (nSPS) is 18.3. The molecule has 0 aromatic heterocycles. The third kappa shape index (κ3) is 3.34.